The molecular weight excluding hydrogens is 288 g/mol. The number of urea groups is 1. The molecule has 0 saturated carbocycles. The molecule has 0 bridgehead atoms. The number of carbonyl (C=O) groups excluding carboxylic acids is 1. The second kappa shape index (κ2) is 7.45. The average Bonchev–Trinajstić information content (AvgIpc) is 3.01. The van der Waals surface area contributed by atoms with Crippen LogP contribution >= 0.6 is 0 Å². The molecule has 118 valence electrons. The van der Waals surface area contributed by atoms with Crippen LogP contribution in [0, 0.1) is 0 Å². The largest absolute Gasteiger partial charge is 0.347 e. The highest BCUT2D eigenvalue weighted by atomic mass is 16.2. The van der Waals surface area contributed by atoms with Gasteiger partial charge in [-0.1, -0.05) is 24.3 Å². The van der Waals surface area contributed by atoms with Gasteiger partial charge in [0.1, 0.15) is 0 Å². The first-order valence-corrected chi connectivity index (χ1v) is 7.77. The van der Waals surface area contributed by atoms with Gasteiger partial charge >= 0.3 is 6.03 Å². The number of carbonyl (C=O) groups is 1. The van der Waals surface area contributed by atoms with Gasteiger partial charge in [-0.3, -0.25) is 4.98 Å². The summed E-state index contributed by atoms with van der Waals surface area (Å²) in [6, 6.07) is 14.1. The summed E-state index contributed by atoms with van der Waals surface area (Å²) in [4.78, 5) is 15.8. The average molecular weight is 308 g/mol. The van der Waals surface area contributed by atoms with Crippen LogP contribution in [0.3, 0.4) is 0 Å². The second-order valence-corrected chi connectivity index (χ2v) is 5.39. The standard InChI is InChI=1S/C18H20N4O/c23-18(21-14-15-5-3-9-19-13-15)20-10-4-11-22-12-8-16-6-1-2-7-17(16)22/h1-3,5-9,12-13H,4,10-11,14H2,(H2,20,21,23). The molecule has 0 radical (unpaired) electrons. The van der Waals surface area contributed by atoms with Crippen molar-refractivity contribution in [3.05, 3.63) is 66.6 Å². The molecule has 2 amide bonds. The number of hydrogen-bond acceptors (Lipinski definition) is 2. The minimum Gasteiger partial charge on any atom is -0.347 e. The molecule has 0 unspecified atom stereocenters. The summed E-state index contributed by atoms with van der Waals surface area (Å²) in [5.74, 6) is 0. The Kier molecular flexibility index (Phi) is 4.88. The van der Waals surface area contributed by atoms with Crippen molar-refractivity contribution in [3.63, 3.8) is 0 Å². The number of benzene rings is 1. The quantitative estimate of drug-likeness (QED) is 0.688. The van der Waals surface area contributed by atoms with Crippen molar-refractivity contribution in [1.29, 1.82) is 0 Å². The van der Waals surface area contributed by atoms with Gasteiger partial charge in [-0.05, 0) is 35.6 Å². The van der Waals surface area contributed by atoms with Gasteiger partial charge in [0.05, 0.1) is 0 Å². The Hall–Kier alpha value is -2.82. The van der Waals surface area contributed by atoms with Gasteiger partial charge in [-0.25, -0.2) is 4.79 Å². The molecule has 2 N–H and O–H groups in total. The molecule has 5 heteroatoms. The van der Waals surface area contributed by atoms with Crippen LogP contribution in [0.25, 0.3) is 10.9 Å². The number of para-hydroxylation sites is 1. The minimum atomic E-state index is -0.147. The van der Waals surface area contributed by atoms with E-state index < -0.39 is 0 Å². The fraction of sp³-hybridized carbons (Fsp3) is 0.222. The van der Waals surface area contributed by atoms with Crippen LogP contribution in [0.1, 0.15) is 12.0 Å². The fourth-order valence-electron chi connectivity index (χ4n) is 2.53. The molecule has 3 aromatic rings. The van der Waals surface area contributed by atoms with E-state index in [-0.39, 0.29) is 6.03 Å². The van der Waals surface area contributed by atoms with Crippen molar-refractivity contribution in [3.8, 4) is 0 Å². The zero-order valence-corrected chi connectivity index (χ0v) is 12.9. The molecule has 3 rings (SSSR count). The first kappa shape index (κ1) is 15.1. The van der Waals surface area contributed by atoms with Crippen LogP contribution < -0.4 is 10.6 Å². The number of hydrogen-bond donors (Lipinski definition) is 2. The second-order valence-electron chi connectivity index (χ2n) is 5.39. The predicted octanol–water partition coefficient (Wildman–Crippen LogP) is 2.93. The summed E-state index contributed by atoms with van der Waals surface area (Å²) >= 11 is 0. The molecule has 0 saturated heterocycles. The molecular formula is C18H20N4O. The molecule has 0 fully saturated rings. The number of rotatable bonds is 6. The van der Waals surface area contributed by atoms with E-state index in [1.807, 2.05) is 24.3 Å². The number of aromatic nitrogens is 2. The summed E-state index contributed by atoms with van der Waals surface area (Å²) in [5, 5.41) is 6.95. The van der Waals surface area contributed by atoms with E-state index >= 15 is 0 Å². The Bertz CT molecular complexity index is 767. The van der Waals surface area contributed by atoms with Gasteiger partial charge in [0.2, 0.25) is 0 Å². The lowest BCUT2D eigenvalue weighted by Crippen LogP contribution is -2.35. The Morgan fingerprint density at radius 1 is 1.09 bits per heavy atom. The van der Waals surface area contributed by atoms with E-state index in [1.54, 1.807) is 12.4 Å². The van der Waals surface area contributed by atoms with Crippen molar-refractivity contribution in [1.82, 2.24) is 20.2 Å². The van der Waals surface area contributed by atoms with Gasteiger partial charge in [0, 0.05) is 43.7 Å². The van der Waals surface area contributed by atoms with Gasteiger partial charge in [0.15, 0.2) is 0 Å². The lowest BCUT2D eigenvalue weighted by Gasteiger charge is -2.08. The van der Waals surface area contributed by atoms with Crippen LogP contribution in [0.15, 0.2) is 61.1 Å². The van der Waals surface area contributed by atoms with Crippen molar-refractivity contribution in [2.24, 2.45) is 0 Å². The summed E-state index contributed by atoms with van der Waals surface area (Å²) in [6.45, 7) is 2.02. The van der Waals surface area contributed by atoms with E-state index in [2.05, 4.69) is 44.6 Å². The van der Waals surface area contributed by atoms with Gasteiger partial charge < -0.3 is 15.2 Å². The summed E-state index contributed by atoms with van der Waals surface area (Å²) in [7, 11) is 0. The highest BCUT2D eigenvalue weighted by Crippen LogP contribution is 2.15. The molecule has 0 aliphatic carbocycles. The summed E-state index contributed by atoms with van der Waals surface area (Å²) in [6.07, 6.45) is 6.44. The van der Waals surface area contributed by atoms with Crippen LogP contribution in [-0.2, 0) is 13.1 Å². The highest BCUT2D eigenvalue weighted by Gasteiger charge is 2.02. The fourth-order valence-corrected chi connectivity index (χ4v) is 2.53. The van der Waals surface area contributed by atoms with Crippen molar-refractivity contribution >= 4 is 16.9 Å². The molecule has 23 heavy (non-hydrogen) atoms. The molecule has 0 spiro atoms. The highest BCUT2D eigenvalue weighted by molar-refractivity contribution is 5.79. The monoisotopic (exact) mass is 308 g/mol. The zero-order chi connectivity index (χ0) is 15.9. The van der Waals surface area contributed by atoms with Gasteiger partial charge in [0.25, 0.3) is 0 Å². The maximum atomic E-state index is 11.7. The predicted molar refractivity (Wildman–Crippen MR) is 91.0 cm³/mol. The van der Waals surface area contributed by atoms with E-state index in [0.717, 1.165) is 18.5 Å². The third-order valence-electron chi connectivity index (χ3n) is 3.72. The van der Waals surface area contributed by atoms with Crippen molar-refractivity contribution < 1.29 is 4.79 Å². The maximum Gasteiger partial charge on any atom is 0.315 e. The zero-order valence-electron chi connectivity index (χ0n) is 12.9. The third-order valence-corrected chi connectivity index (χ3v) is 3.72. The molecule has 2 heterocycles. The topological polar surface area (TPSA) is 59.0 Å². The minimum absolute atomic E-state index is 0.147. The number of fused-ring (bicyclic) bond motifs is 1. The number of pyridine rings is 1. The lowest BCUT2D eigenvalue weighted by atomic mass is 10.2. The van der Waals surface area contributed by atoms with E-state index in [4.69, 9.17) is 0 Å². The van der Waals surface area contributed by atoms with E-state index in [1.165, 1.54) is 10.9 Å². The number of amides is 2. The number of nitrogens with one attached hydrogen (secondary N) is 2. The maximum absolute atomic E-state index is 11.7. The Balaban J connectivity index is 1.39. The normalized spacial score (nSPS) is 10.6. The Morgan fingerprint density at radius 3 is 2.87 bits per heavy atom. The SMILES string of the molecule is O=C(NCCCn1ccc2ccccc21)NCc1cccnc1. The van der Waals surface area contributed by atoms with Crippen molar-refractivity contribution in [2.75, 3.05) is 6.54 Å². The molecule has 2 aromatic heterocycles. The molecule has 5 nitrogen and oxygen atoms in total. The summed E-state index contributed by atoms with van der Waals surface area (Å²) < 4.78 is 2.21. The first-order valence-electron chi connectivity index (χ1n) is 7.77. The molecule has 0 atom stereocenters. The number of aryl methyl sites for hydroxylation is 1. The molecule has 0 aliphatic heterocycles. The third kappa shape index (κ3) is 4.10. The van der Waals surface area contributed by atoms with Crippen LogP contribution in [0.5, 0.6) is 0 Å². The first-order chi connectivity index (χ1) is 11.3. The van der Waals surface area contributed by atoms with Crippen LogP contribution in [0.2, 0.25) is 0 Å². The Labute approximate surface area is 135 Å². The molecule has 1 aromatic carbocycles. The lowest BCUT2D eigenvalue weighted by molar-refractivity contribution is 0.240. The van der Waals surface area contributed by atoms with Gasteiger partial charge in [-0.2, -0.15) is 0 Å². The Morgan fingerprint density at radius 2 is 2.00 bits per heavy atom. The smallest absolute Gasteiger partial charge is 0.315 e. The van der Waals surface area contributed by atoms with Crippen molar-refractivity contribution in [2.45, 2.75) is 19.5 Å². The van der Waals surface area contributed by atoms with E-state index in [0.29, 0.717) is 13.1 Å². The van der Waals surface area contributed by atoms with E-state index in [9.17, 15) is 4.79 Å². The van der Waals surface area contributed by atoms with Gasteiger partial charge in [-0.15, -0.1) is 0 Å². The number of nitrogens with zero attached hydrogens (tertiary/aromatic N) is 2. The summed E-state index contributed by atoms with van der Waals surface area (Å²) in [5.41, 5.74) is 2.22. The van der Waals surface area contributed by atoms with Crippen LogP contribution in [0.4, 0.5) is 4.79 Å². The molecule has 0 aliphatic rings. The van der Waals surface area contributed by atoms with Crippen LogP contribution in [-0.4, -0.2) is 22.1 Å².